The smallest absolute Gasteiger partial charge is 0.167 e. The van der Waals surface area contributed by atoms with Crippen LogP contribution in [0.25, 0.3) is 10.8 Å². The van der Waals surface area contributed by atoms with Gasteiger partial charge in [-0.15, -0.1) is 0 Å². The molecule has 1 N–H and O–H groups in total. The fourth-order valence-corrected chi connectivity index (χ4v) is 2.72. The van der Waals surface area contributed by atoms with Crippen LogP contribution in [0.2, 0.25) is 0 Å². The number of rotatable bonds is 4. The lowest BCUT2D eigenvalue weighted by Gasteiger charge is -2.12. The van der Waals surface area contributed by atoms with Crippen molar-refractivity contribution >= 4 is 16.6 Å². The van der Waals surface area contributed by atoms with Crippen molar-refractivity contribution in [3.63, 3.8) is 0 Å². The molecule has 0 amide bonds. The standard InChI is InChI=1S/C20H18O3/c1-13-7-9-14(10-8-13)18(21)12-17-16-6-4-3-5-15(16)11-19(23-2)20(17)22/h3-11,22H,12H2,1-2H3. The highest BCUT2D eigenvalue weighted by Gasteiger charge is 2.17. The van der Waals surface area contributed by atoms with Gasteiger partial charge in [-0.1, -0.05) is 54.1 Å². The van der Waals surface area contributed by atoms with Crippen LogP contribution < -0.4 is 4.74 Å². The Morgan fingerprint density at radius 1 is 1.09 bits per heavy atom. The lowest BCUT2D eigenvalue weighted by Crippen LogP contribution is -2.05. The third-order valence-corrected chi connectivity index (χ3v) is 4.02. The third-order valence-electron chi connectivity index (χ3n) is 4.02. The minimum absolute atomic E-state index is 0.0290. The van der Waals surface area contributed by atoms with E-state index in [4.69, 9.17) is 4.74 Å². The first-order chi connectivity index (χ1) is 11.1. The van der Waals surface area contributed by atoms with E-state index in [0.717, 1.165) is 16.3 Å². The van der Waals surface area contributed by atoms with E-state index in [1.807, 2.05) is 55.5 Å². The quantitative estimate of drug-likeness (QED) is 0.731. The summed E-state index contributed by atoms with van der Waals surface area (Å²) in [6, 6.07) is 16.9. The van der Waals surface area contributed by atoms with Gasteiger partial charge in [0.2, 0.25) is 0 Å². The van der Waals surface area contributed by atoms with Crippen LogP contribution in [-0.4, -0.2) is 18.0 Å². The number of phenolic OH excluding ortho intramolecular Hbond substituents is 1. The Bertz CT molecular complexity index is 864. The molecule has 0 bridgehead atoms. The maximum atomic E-state index is 12.6. The normalized spacial score (nSPS) is 10.7. The van der Waals surface area contributed by atoms with E-state index >= 15 is 0 Å². The van der Waals surface area contributed by atoms with Crippen molar-refractivity contribution in [3.8, 4) is 11.5 Å². The lowest BCUT2D eigenvalue weighted by molar-refractivity contribution is 0.0992. The highest BCUT2D eigenvalue weighted by Crippen LogP contribution is 2.37. The minimum atomic E-state index is -0.0290. The van der Waals surface area contributed by atoms with Gasteiger partial charge in [0.1, 0.15) is 0 Å². The second kappa shape index (κ2) is 6.13. The maximum absolute atomic E-state index is 12.6. The monoisotopic (exact) mass is 306 g/mol. The zero-order valence-corrected chi connectivity index (χ0v) is 13.2. The van der Waals surface area contributed by atoms with E-state index in [1.54, 1.807) is 6.07 Å². The van der Waals surface area contributed by atoms with Gasteiger partial charge in [0, 0.05) is 17.5 Å². The van der Waals surface area contributed by atoms with Gasteiger partial charge in [0.15, 0.2) is 17.3 Å². The van der Waals surface area contributed by atoms with E-state index in [0.29, 0.717) is 16.9 Å². The maximum Gasteiger partial charge on any atom is 0.167 e. The molecule has 3 aromatic carbocycles. The summed E-state index contributed by atoms with van der Waals surface area (Å²) < 4.78 is 5.24. The van der Waals surface area contributed by atoms with Crippen LogP contribution in [0.4, 0.5) is 0 Å². The van der Waals surface area contributed by atoms with Gasteiger partial charge in [-0.25, -0.2) is 0 Å². The molecule has 3 nitrogen and oxygen atoms in total. The summed E-state index contributed by atoms with van der Waals surface area (Å²) in [7, 11) is 1.51. The minimum Gasteiger partial charge on any atom is -0.504 e. The van der Waals surface area contributed by atoms with E-state index in [9.17, 15) is 9.90 Å². The highest BCUT2D eigenvalue weighted by atomic mass is 16.5. The molecular weight excluding hydrogens is 288 g/mol. The lowest BCUT2D eigenvalue weighted by atomic mass is 9.96. The van der Waals surface area contributed by atoms with Crippen molar-refractivity contribution in [2.24, 2.45) is 0 Å². The zero-order chi connectivity index (χ0) is 16.4. The van der Waals surface area contributed by atoms with Gasteiger partial charge in [-0.2, -0.15) is 0 Å². The molecule has 23 heavy (non-hydrogen) atoms. The molecule has 0 atom stereocenters. The Morgan fingerprint density at radius 3 is 2.48 bits per heavy atom. The fourth-order valence-electron chi connectivity index (χ4n) is 2.72. The first-order valence-electron chi connectivity index (χ1n) is 7.47. The number of Topliss-reactive ketones (excluding diaryl/α,β-unsaturated/α-hetero) is 1. The molecule has 0 saturated carbocycles. The molecule has 0 unspecified atom stereocenters. The van der Waals surface area contributed by atoms with Crippen LogP contribution in [0.3, 0.4) is 0 Å². The van der Waals surface area contributed by atoms with E-state index in [1.165, 1.54) is 7.11 Å². The van der Waals surface area contributed by atoms with E-state index in [-0.39, 0.29) is 18.0 Å². The molecule has 0 aliphatic rings. The summed E-state index contributed by atoms with van der Waals surface area (Å²) in [6.45, 7) is 1.98. The summed E-state index contributed by atoms with van der Waals surface area (Å²) in [6.07, 6.45) is 0.132. The Labute approximate surface area is 135 Å². The Morgan fingerprint density at radius 2 is 1.78 bits per heavy atom. The van der Waals surface area contributed by atoms with Gasteiger partial charge in [-0.3, -0.25) is 4.79 Å². The Hall–Kier alpha value is -2.81. The molecule has 0 spiro atoms. The van der Waals surface area contributed by atoms with Gasteiger partial charge >= 0.3 is 0 Å². The van der Waals surface area contributed by atoms with Crippen LogP contribution >= 0.6 is 0 Å². The van der Waals surface area contributed by atoms with Gasteiger partial charge in [0.05, 0.1) is 7.11 Å². The molecule has 3 heteroatoms. The van der Waals surface area contributed by atoms with E-state index < -0.39 is 0 Å². The van der Waals surface area contributed by atoms with Crippen molar-refractivity contribution in [2.75, 3.05) is 7.11 Å². The number of ether oxygens (including phenoxy) is 1. The van der Waals surface area contributed by atoms with Crippen LogP contribution in [0, 0.1) is 6.92 Å². The number of methoxy groups -OCH3 is 1. The number of hydrogen-bond acceptors (Lipinski definition) is 3. The van der Waals surface area contributed by atoms with Crippen molar-refractivity contribution < 1.29 is 14.6 Å². The van der Waals surface area contributed by atoms with Crippen molar-refractivity contribution in [1.29, 1.82) is 0 Å². The molecule has 0 heterocycles. The summed E-state index contributed by atoms with van der Waals surface area (Å²) in [5, 5.41) is 12.3. The summed E-state index contributed by atoms with van der Waals surface area (Å²) >= 11 is 0. The molecule has 116 valence electrons. The Kier molecular flexibility index (Phi) is 4.02. The van der Waals surface area contributed by atoms with Gasteiger partial charge < -0.3 is 9.84 Å². The number of ketones is 1. The molecule has 3 aromatic rings. The van der Waals surface area contributed by atoms with Gasteiger partial charge in [0.25, 0.3) is 0 Å². The average Bonchev–Trinajstić information content (AvgIpc) is 2.57. The number of aryl methyl sites for hydroxylation is 1. The summed E-state index contributed by atoms with van der Waals surface area (Å²) in [5.41, 5.74) is 2.35. The highest BCUT2D eigenvalue weighted by molar-refractivity contribution is 6.01. The Balaban J connectivity index is 2.06. The molecular formula is C20H18O3. The molecule has 0 aromatic heterocycles. The predicted molar refractivity (Wildman–Crippen MR) is 91.4 cm³/mol. The number of hydrogen-bond donors (Lipinski definition) is 1. The zero-order valence-electron chi connectivity index (χ0n) is 13.2. The van der Waals surface area contributed by atoms with Crippen LogP contribution in [0.15, 0.2) is 54.6 Å². The van der Waals surface area contributed by atoms with Crippen molar-refractivity contribution in [2.45, 2.75) is 13.3 Å². The number of fused-ring (bicyclic) bond motifs is 1. The molecule has 0 radical (unpaired) electrons. The SMILES string of the molecule is COc1cc2ccccc2c(CC(=O)c2ccc(C)cc2)c1O. The predicted octanol–water partition coefficient (Wildman–Crippen LogP) is 4.29. The molecule has 0 fully saturated rings. The van der Waals surface area contributed by atoms with Crippen molar-refractivity contribution in [1.82, 2.24) is 0 Å². The fraction of sp³-hybridized carbons (Fsp3) is 0.150. The first kappa shape index (κ1) is 15.1. The first-order valence-corrected chi connectivity index (χ1v) is 7.47. The van der Waals surface area contributed by atoms with E-state index in [2.05, 4.69) is 0 Å². The largest absolute Gasteiger partial charge is 0.504 e. The number of carbonyl (C=O) groups is 1. The molecule has 0 aliphatic carbocycles. The number of benzene rings is 3. The summed E-state index contributed by atoms with van der Waals surface area (Å²) in [4.78, 5) is 12.6. The second-order valence-electron chi connectivity index (χ2n) is 5.59. The van der Waals surface area contributed by atoms with Crippen molar-refractivity contribution in [3.05, 3.63) is 71.3 Å². The van der Waals surface area contributed by atoms with Crippen LogP contribution in [0.1, 0.15) is 21.5 Å². The number of phenols is 1. The average molecular weight is 306 g/mol. The number of aromatic hydroxyl groups is 1. The molecule has 0 aliphatic heterocycles. The molecule has 3 rings (SSSR count). The third kappa shape index (κ3) is 2.90. The van der Waals surface area contributed by atoms with Crippen LogP contribution in [-0.2, 0) is 6.42 Å². The molecule has 0 saturated heterocycles. The topological polar surface area (TPSA) is 46.5 Å². The van der Waals surface area contributed by atoms with Gasteiger partial charge in [-0.05, 0) is 23.8 Å². The number of carbonyl (C=O) groups excluding carboxylic acids is 1. The van der Waals surface area contributed by atoms with Crippen LogP contribution in [0.5, 0.6) is 11.5 Å². The summed E-state index contributed by atoms with van der Waals surface area (Å²) in [5.74, 6) is 0.390. The second-order valence-corrected chi connectivity index (χ2v) is 5.59.